The molecule has 2 aromatic carbocycles. The molecule has 2 fully saturated rings. The zero-order valence-electron chi connectivity index (χ0n) is 35.9. The van der Waals surface area contributed by atoms with Gasteiger partial charge in [-0.1, -0.05) is 12.2 Å². The summed E-state index contributed by atoms with van der Waals surface area (Å²) in [7, 11) is -0.753. The molecule has 4 aromatic rings. The van der Waals surface area contributed by atoms with Crippen molar-refractivity contribution < 1.29 is 48.7 Å². The van der Waals surface area contributed by atoms with E-state index in [4.69, 9.17) is 33.2 Å². The molecule has 0 spiro atoms. The molecule has 6 rings (SSSR count). The minimum absolute atomic E-state index is 0.000851. The number of nitrogen functional groups attached to an aromatic ring is 2. The van der Waals surface area contributed by atoms with Crippen molar-refractivity contribution >= 4 is 66.4 Å². The predicted octanol–water partition coefficient (Wildman–Crippen LogP) is 4.92. The lowest BCUT2D eigenvalue weighted by atomic mass is 9.91. The van der Waals surface area contributed by atoms with Crippen molar-refractivity contribution in [1.29, 1.82) is 0 Å². The summed E-state index contributed by atoms with van der Waals surface area (Å²) in [6.07, 6.45) is 10.5. The molecule has 0 bridgehead atoms. The van der Waals surface area contributed by atoms with Gasteiger partial charge >= 0.3 is 0 Å². The van der Waals surface area contributed by atoms with Gasteiger partial charge in [0.25, 0.3) is 0 Å². The summed E-state index contributed by atoms with van der Waals surface area (Å²) in [6.45, 7) is 0. The normalized spacial score (nSPS) is 19.1. The molecule has 0 atom stereocenters. The number of nitrogens with zero attached hydrogens (tertiary/aromatic N) is 6. The minimum Gasteiger partial charge on any atom is -0.496 e. The van der Waals surface area contributed by atoms with Crippen LogP contribution in [0.1, 0.15) is 78.4 Å². The van der Waals surface area contributed by atoms with Crippen LogP contribution in [0, 0.1) is 23.3 Å². The molecule has 0 unspecified atom stereocenters. The molecule has 2 heterocycles. The summed E-state index contributed by atoms with van der Waals surface area (Å²) < 4.78 is 116. The number of hydrogen-bond donors (Lipinski definition) is 4. The molecule has 0 radical (unpaired) electrons. The summed E-state index contributed by atoms with van der Waals surface area (Å²) in [5.41, 5.74) is 11.2. The van der Waals surface area contributed by atoms with Gasteiger partial charge in [-0.25, -0.2) is 53.0 Å². The summed E-state index contributed by atoms with van der Waals surface area (Å²) >= 11 is 5.33. The molecule has 0 saturated heterocycles. The first-order chi connectivity index (χ1) is 30.0. The number of carbonyl (C=O) groups excluding carboxylic acids is 1. The molecule has 64 heavy (non-hydrogen) atoms. The van der Waals surface area contributed by atoms with E-state index in [-0.39, 0.29) is 80.8 Å². The number of hydrogen-bond acceptors (Lipinski definition) is 16. The van der Waals surface area contributed by atoms with Crippen molar-refractivity contribution in [2.24, 2.45) is 0 Å². The van der Waals surface area contributed by atoms with Gasteiger partial charge < -0.3 is 31.6 Å². The standard InChI is InChI=1S/C20H25F2N5O4S.C20H25F2N5O3S2/c1-27(32(3,29)30)12-6-4-11(5-7-12)25-20-24-10-13(19(23)26-20)18(28)16-15(31-2)9-8-14(21)17(16)22;1-27(32(3,28)29)12-6-4-11(5-7-12)25-20-24-10-13(19(23)26-20)18(31)16-15(30-2)9-8-14(21)17(16)22/h2*8-12H,4-7H2,1-3H3,(H3,23,24,25,26). The van der Waals surface area contributed by atoms with E-state index in [0.717, 1.165) is 37.2 Å². The molecular formula is C40H50F4N10O7S3. The van der Waals surface area contributed by atoms with Crippen molar-refractivity contribution in [3.05, 3.63) is 82.2 Å². The molecule has 2 aromatic heterocycles. The highest BCUT2D eigenvalue weighted by Crippen LogP contribution is 2.32. The van der Waals surface area contributed by atoms with Crippen molar-refractivity contribution in [2.75, 3.05) is 62.9 Å². The number of ether oxygens (including phenoxy) is 2. The Bertz CT molecular complexity index is 2420. The highest BCUT2D eigenvalue weighted by atomic mass is 32.2. The Kier molecular flexibility index (Phi) is 16.1. The largest absolute Gasteiger partial charge is 0.496 e. The van der Waals surface area contributed by atoms with E-state index in [2.05, 4.69) is 30.6 Å². The van der Waals surface area contributed by atoms with Crippen LogP contribution in [0.25, 0.3) is 0 Å². The number of sulfonamides is 2. The number of methoxy groups -OCH3 is 2. The molecular weight excluding hydrogens is 905 g/mol. The van der Waals surface area contributed by atoms with Gasteiger partial charge in [0, 0.05) is 50.7 Å². The number of ketones is 1. The number of aromatic nitrogens is 4. The lowest BCUT2D eigenvalue weighted by Gasteiger charge is -2.33. The smallest absolute Gasteiger partial charge is 0.224 e. The molecule has 2 aliphatic rings. The number of anilines is 4. The molecule has 2 aliphatic carbocycles. The molecule has 17 nitrogen and oxygen atoms in total. The lowest BCUT2D eigenvalue weighted by Crippen LogP contribution is -2.41. The van der Waals surface area contributed by atoms with Gasteiger partial charge in [-0.05, 0) is 75.6 Å². The fraction of sp³-hybridized carbons (Fsp3) is 0.450. The Labute approximate surface area is 374 Å². The Morgan fingerprint density at radius 1 is 0.672 bits per heavy atom. The van der Waals surface area contributed by atoms with Crippen LogP contribution in [0.4, 0.5) is 41.1 Å². The van der Waals surface area contributed by atoms with E-state index in [0.29, 0.717) is 38.5 Å². The molecule has 0 amide bonds. The highest BCUT2D eigenvalue weighted by Gasteiger charge is 2.31. The average Bonchev–Trinajstić information content (AvgIpc) is 3.24. The molecule has 6 N–H and O–H groups in total. The van der Waals surface area contributed by atoms with Crippen molar-refractivity contribution in [2.45, 2.75) is 75.5 Å². The summed E-state index contributed by atoms with van der Waals surface area (Å²) in [4.78, 5) is 29.3. The van der Waals surface area contributed by atoms with Crippen LogP contribution in [0.15, 0.2) is 36.7 Å². The Hall–Kier alpha value is -5.30. The fourth-order valence-electron chi connectivity index (χ4n) is 7.45. The first kappa shape index (κ1) is 49.7. The summed E-state index contributed by atoms with van der Waals surface area (Å²) in [5.74, 6) is -5.38. The second-order valence-corrected chi connectivity index (χ2v) is 19.9. The van der Waals surface area contributed by atoms with Gasteiger partial charge in [0.2, 0.25) is 37.7 Å². The Morgan fingerprint density at radius 2 is 1.05 bits per heavy atom. The van der Waals surface area contributed by atoms with E-state index in [1.165, 1.54) is 47.6 Å². The van der Waals surface area contributed by atoms with Crippen LogP contribution in [0.5, 0.6) is 11.5 Å². The first-order valence-electron chi connectivity index (χ1n) is 19.8. The first-order valence-corrected chi connectivity index (χ1v) is 23.9. The van der Waals surface area contributed by atoms with Crippen LogP contribution in [0.2, 0.25) is 0 Å². The molecule has 0 aliphatic heterocycles. The van der Waals surface area contributed by atoms with E-state index >= 15 is 0 Å². The van der Waals surface area contributed by atoms with E-state index in [9.17, 15) is 39.2 Å². The van der Waals surface area contributed by atoms with Gasteiger partial charge in [-0.15, -0.1) is 0 Å². The second kappa shape index (κ2) is 20.7. The highest BCUT2D eigenvalue weighted by molar-refractivity contribution is 7.88. The van der Waals surface area contributed by atoms with Crippen molar-refractivity contribution in [1.82, 2.24) is 28.5 Å². The Balaban J connectivity index is 0.000000241. The Morgan fingerprint density at radius 3 is 1.42 bits per heavy atom. The van der Waals surface area contributed by atoms with E-state index < -0.39 is 54.7 Å². The predicted molar refractivity (Wildman–Crippen MR) is 237 cm³/mol. The molecule has 348 valence electrons. The number of rotatable bonds is 14. The van der Waals surface area contributed by atoms with Gasteiger partial charge in [-0.3, -0.25) is 4.79 Å². The minimum atomic E-state index is -3.25. The number of carbonyl (C=O) groups is 1. The summed E-state index contributed by atoms with van der Waals surface area (Å²) in [6, 6.07) is 4.20. The van der Waals surface area contributed by atoms with Gasteiger partial charge in [0.1, 0.15) is 28.7 Å². The van der Waals surface area contributed by atoms with Gasteiger partial charge in [0.05, 0.1) is 48.3 Å². The fourth-order valence-corrected chi connectivity index (χ4v) is 9.30. The maximum Gasteiger partial charge on any atom is 0.224 e. The van der Waals surface area contributed by atoms with Gasteiger partial charge in [-0.2, -0.15) is 9.97 Å². The van der Waals surface area contributed by atoms with Gasteiger partial charge in [0.15, 0.2) is 23.3 Å². The number of halogens is 4. The monoisotopic (exact) mass is 954 g/mol. The third kappa shape index (κ3) is 11.7. The zero-order valence-corrected chi connectivity index (χ0v) is 38.3. The number of nitrogens with one attached hydrogen (secondary N) is 2. The van der Waals surface area contributed by atoms with Crippen molar-refractivity contribution in [3.8, 4) is 11.5 Å². The third-order valence-corrected chi connectivity index (χ3v) is 14.4. The van der Waals surface area contributed by atoms with E-state index in [1.807, 2.05) is 0 Å². The van der Waals surface area contributed by atoms with Crippen LogP contribution < -0.4 is 31.6 Å². The average molecular weight is 955 g/mol. The topological polar surface area (TPSA) is 238 Å². The second-order valence-electron chi connectivity index (χ2n) is 15.4. The number of nitrogens with two attached hydrogens (primary N) is 2. The molecule has 24 heteroatoms. The number of benzene rings is 2. The van der Waals surface area contributed by atoms with Crippen LogP contribution >= 0.6 is 12.2 Å². The number of thiocarbonyl (C=S) groups is 1. The quantitative estimate of drug-likeness (QED) is 0.0746. The van der Waals surface area contributed by atoms with Crippen LogP contribution in [-0.2, 0) is 20.0 Å². The summed E-state index contributed by atoms with van der Waals surface area (Å²) in [5, 5.41) is 6.33. The lowest BCUT2D eigenvalue weighted by molar-refractivity contribution is 0.103. The zero-order chi connectivity index (χ0) is 47.3. The van der Waals surface area contributed by atoms with E-state index in [1.54, 1.807) is 14.1 Å². The maximum atomic E-state index is 14.4. The maximum absolute atomic E-state index is 14.4. The van der Waals surface area contributed by atoms with Crippen LogP contribution in [0.3, 0.4) is 0 Å². The SMILES string of the molecule is COc1ccc(F)c(F)c1C(=O)c1cnc(NC2CCC(N(C)S(C)(=O)=O)CC2)nc1N.COc1ccc(F)c(F)c1C(=S)c1cnc(NC2CCC(N(C)S(C)(=O)=O)CC2)nc1N. The molecule has 2 saturated carbocycles. The van der Waals surface area contributed by atoms with Crippen LogP contribution in [-0.4, -0.2) is 121 Å². The third-order valence-electron chi connectivity index (χ3n) is 11.3. The van der Waals surface area contributed by atoms with Crippen molar-refractivity contribution in [3.63, 3.8) is 0 Å².